The number of benzene rings is 1. The molecule has 0 N–H and O–H groups in total. The number of hydrogen-bond acceptors (Lipinski definition) is 5. The second kappa shape index (κ2) is 7.00. The highest BCUT2D eigenvalue weighted by molar-refractivity contribution is 7.98. The van der Waals surface area contributed by atoms with Gasteiger partial charge in [0, 0.05) is 24.5 Å². The summed E-state index contributed by atoms with van der Waals surface area (Å²) in [5.74, 6) is 0.803. The SMILES string of the molecule is COc1ccccc1[C@H]1CCCN1C(=O)c1cnc(SC)nc1. The summed E-state index contributed by atoms with van der Waals surface area (Å²) in [4.78, 5) is 23.1. The van der Waals surface area contributed by atoms with Gasteiger partial charge >= 0.3 is 0 Å². The molecule has 1 fully saturated rings. The summed E-state index contributed by atoms with van der Waals surface area (Å²) in [5, 5.41) is 0.671. The Kier molecular flexibility index (Phi) is 4.81. The van der Waals surface area contributed by atoms with Crippen molar-refractivity contribution in [1.29, 1.82) is 0 Å². The first kappa shape index (κ1) is 15.8. The molecule has 6 heteroatoms. The van der Waals surface area contributed by atoms with Crippen molar-refractivity contribution in [2.45, 2.75) is 24.0 Å². The van der Waals surface area contributed by atoms with Crippen LogP contribution in [0.4, 0.5) is 0 Å². The maximum atomic E-state index is 12.8. The monoisotopic (exact) mass is 329 g/mol. The van der Waals surface area contributed by atoms with Crippen molar-refractivity contribution in [3.63, 3.8) is 0 Å². The molecular weight excluding hydrogens is 310 g/mol. The molecule has 0 radical (unpaired) electrons. The fourth-order valence-corrected chi connectivity index (χ4v) is 3.29. The zero-order chi connectivity index (χ0) is 16.2. The molecule has 1 saturated heterocycles. The van der Waals surface area contributed by atoms with Crippen molar-refractivity contribution < 1.29 is 9.53 Å². The molecule has 0 aliphatic carbocycles. The first-order valence-electron chi connectivity index (χ1n) is 7.54. The summed E-state index contributed by atoms with van der Waals surface area (Å²) in [7, 11) is 1.66. The third-order valence-corrected chi connectivity index (χ3v) is 4.65. The number of amides is 1. The second-order valence-corrected chi connectivity index (χ2v) is 6.13. The van der Waals surface area contributed by atoms with Gasteiger partial charge in [-0.2, -0.15) is 0 Å². The van der Waals surface area contributed by atoms with Crippen molar-refractivity contribution in [1.82, 2.24) is 14.9 Å². The molecule has 1 aliphatic heterocycles. The van der Waals surface area contributed by atoms with Gasteiger partial charge in [-0.25, -0.2) is 9.97 Å². The molecule has 5 nitrogen and oxygen atoms in total. The number of carbonyl (C=O) groups excluding carboxylic acids is 1. The average Bonchev–Trinajstić information content (AvgIpc) is 3.10. The van der Waals surface area contributed by atoms with Crippen LogP contribution < -0.4 is 4.74 Å². The smallest absolute Gasteiger partial charge is 0.257 e. The largest absolute Gasteiger partial charge is 0.496 e. The first-order valence-corrected chi connectivity index (χ1v) is 8.77. The zero-order valence-electron chi connectivity index (χ0n) is 13.2. The van der Waals surface area contributed by atoms with Gasteiger partial charge in [0.05, 0.1) is 18.7 Å². The van der Waals surface area contributed by atoms with Gasteiger partial charge in [0.2, 0.25) is 0 Å². The number of nitrogens with zero attached hydrogens (tertiary/aromatic N) is 3. The Morgan fingerprint density at radius 2 is 2.04 bits per heavy atom. The van der Waals surface area contributed by atoms with E-state index < -0.39 is 0 Å². The van der Waals surface area contributed by atoms with Crippen LogP contribution in [0.3, 0.4) is 0 Å². The molecule has 3 rings (SSSR count). The third-order valence-electron chi connectivity index (χ3n) is 4.07. The molecule has 0 spiro atoms. The van der Waals surface area contributed by atoms with E-state index >= 15 is 0 Å². The quantitative estimate of drug-likeness (QED) is 0.637. The molecule has 2 aromatic rings. The van der Waals surface area contributed by atoms with Crippen LogP contribution in [0.25, 0.3) is 0 Å². The minimum Gasteiger partial charge on any atom is -0.496 e. The maximum absolute atomic E-state index is 12.8. The van der Waals surface area contributed by atoms with E-state index in [0.717, 1.165) is 30.7 Å². The second-order valence-electron chi connectivity index (χ2n) is 5.36. The fourth-order valence-electron chi connectivity index (χ4n) is 2.97. The van der Waals surface area contributed by atoms with E-state index in [1.54, 1.807) is 19.5 Å². The number of rotatable bonds is 4. The lowest BCUT2D eigenvalue weighted by Crippen LogP contribution is -2.31. The van der Waals surface area contributed by atoms with Gasteiger partial charge in [0.1, 0.15) is 5.75 Å². The summed E-state index contributed by atoms with van der Waals surface area (Å²) in [6.45, 7) is 0.742. The predicted molar refractivity (Wildman–Crippen MR) is 89.8 cm³/mol. The average molecular weight is 329 g/mol. The summed E-state index contributed by atoms with van der Waals surface area (Å²) in [5.41, 5.74) is 1.59. The van der Waals surface area contributed by atoms with Crippen LogP contribution in [-0.2, 0) is 0 Å². The van der Waals surface area contributed by atoms with Gasteiger partial charge in [0.15, 0.2) is 5.16 Å². The highest BCUT2D eigenvalue weighted by atomic mass is 32.2. The van der Waals surface area contributed by atoms with E-state index in [1.165, 1.54) is 11.8 Å². The van der Waals surface area contributed by atoms with Crippen molar-refractivity contribution in [2.75, 3.05) is 19.9 Å². The Labute approximate surface area is 140 Å². The van der Waals surface area contributed by atoms with Crippen LogP contribution in [0.5, 0.6) is 5.75 Å². The summed E-state index contributed by atoms with van der Waals surface area (Å²) < 4.78 is 5.46. The summed E-state index contributed by atoms with van der Waals surface area (Å²) >= 11 is 1.46. The van der Waals surface area contributed by atoms with E-state index in [0.29, 0.717) is 10.7 Å². The van der Waals surface area contributed by atoms with E-state index in [9.17, 15) is 4.79 Å². The standard InChI is InChI=1S/C17H19N3O2S/c1-22-15-8-4-3-6-13(15)14-7-5-9-20(14)16(21)12-10-18-17(23-2)19-11-12/h3-4,6,8,10-11,14H,5,7,9H2,1-2H3/t14-/m1/s1. The fraction of sp³-hybridized carbons (Fsp3) is 0.353. The molecule has 0 bridgehead atoms. The Balaban J connectivity index is 1.87. The molecular formula is C17H19N3O2S. The van der Waals surface area contributed by atoms with Crippen molar-refractivity contribution >= 4 is 17.7 Å². The molecule has 1 aromatic carbocycles. The summed E-state index contributed by atoms with van der Waals surface area (Å²) in [6, 6.07) is 7.93. The van der Waals surface area contributed by atoms with E-state index in [4.69, 9.17) is 4.74 Å². The van der Waals surface area contributed by atoms with Crippen LogP contribution in [0.2, 0.25) is 0 Å². The van der Waals surface area contributed by atoms with Crippen LogP contribution in [0.1, 0.15) is 34.8 Å². The summed E-state index contributed by atoms with van der Waals surface area (Å²) in [6.07, 6.45) is 7.06. The molecule has 1 aromatic heterocycles. The number of methoxy groups -OCH3 is 1. The number of thioether (sulfide) groups is 1. The lowest BCUT2D eigenvalue weighted by Gasteiger charge is -2.26. The van der Waals surface area contributed by atoms with Crippen molar-refractivity contribution in [3.8, 4) is 5.75 Å². The van der Waals surface area contributed by atoms with Gasteiger partial charge < -0.3 is 9.64 Å². The number of likely N-dealkylation sites (tertiary alicyclic amines) is 1. The Bertz CT molecular complexity index is 690. The highest BCUT2D eigenvalue weighted by Gasteiger charge is 2.32. The minimum absolute atomic E-state index is 0.0222. The lowest BCUT2D eigenvalue weighted by atomic mass is 10.0. The Morgan fingerprint density at radius 1 is 1.30 bits per heavy atom. The number of hydrogen-bond donors (Lipinski definition) is 0. The van der Waals surface area contributed by atoms with Crippen LogP contribution in [0.15, 0.2) is 41.8 Å². The molecule has 1 atom stereocenters. The van der Waals surface area contributed by atoms with Gasteiger partial charge in [0.25, 0.3) is 5.91 Å². The molecule has 0 unspecified atom stereocenters. The lowest BCUT2D eigenvalue weighted by molar-refractivity contribution is 0.0733. The number of carbonyl (C=O) groups is 1. The van der Waals surface area contributed by atoms with Crippen LogP contribution in [-0.4, -0.2) is 40.7 Å². The highest BCUT2D eigenvalue weighted by Crippen LogP contribution is 2.37. The topological polar surface area (TPSA) is 55.3 Å². The normalized spacial score (nSPS) is 17.3. The molecule has 0 saturated carbocycles. The van der Waals surface area contributed by atoms with E-state index in [1.807, 2.05) is 35.4 Å². The molecule has 23 heavy (non-hydrogen) atoms. The minimum atomic E-state index is -0.0222. The van der Waals surface area contributed by atoms with Gasteiger partial charge in [-0.1, -0.05) is 30.0 Å². The Hall–Kier alpha value is -2.08. The zero-order valence-corrected chi connectivity index (χ0v) is 14.0. The predicted octanol–water partition coefficient (Wildman–Crippen LogP) is 3.18. The molecule has 120 valence electrons. The van der Waals surface area contributed by atoms with Gasteiger partial charge in [-0.05, 0) is 25.2 Å². The Morgan fingerprint density at radius 3 is 2.74 bits per heavy atom. The van der Waals surface area contributed by atoms with Crippen LogP contribution >= 0.6 is 11.8 Å². The maximum Gasteiger partial charge on any atom is 0.257 e. The van der Waals surface area contributed by atoms with Crippen molar-refractivity contribution in [2.24, 2.45) is 0 Å². The van der Waals surface area contributed by atoms with Gasteiger partial charge in [-0.3, -0.25) is 4.79 Å². The van der Waals surface area contributed by atoms with Gasteiger partial charge in [-0.15, -0.1) is 0 Å². The first-order chi connectivity index (χ1) is 11.2. The molecule has 2 heterocycles. The number of aromatic nitrogens is 2. The molecule has 1 aliphatic rings. The van der Waals surface area contributed by atoms with Crippen molar-refractivity contribution in [3.05, 3.63) is 47.8 Å². The van der Waals surface area contributed by atoms with E-state index in [-0.39, 0.29) is 11.9 Å². The van der Waals surface area contributed by atoms with Crippen LogP contribution in [0, 0.1) is 0 Å². The molecule has 1 amide bonds. The third kappa shape index (κ3) is 3.17. The number of ether oxygens (including phenoxy) is 1. The number of para-hydroxylation sites is 1. The van der Waals surface area contributed by atoms with E-state index in [2.05, 4.69) is 9.97 Å².